The summed E-state index contributed by atoms with van der Waals surface area (Å²) in [6, 6.07) is 14.7. The van der Waals surface area contributed by atoms with Gasteiger partial charge in [0.05, 0.1) is 10.6 Å². The van der Waals surface area contributed by atoms with Gasteiger partial charge in [0.25, 0.3) is 5.91 Å². The van der Waals surface area contributed by atoms with E-state index in [4.69, 9.17) is 0 Å². The van der Waals surface area contributed by atoms with Crippen LogP contribution in [0.2, 0.25) is 0 Å². The fourth-order valence-corrected chi connectivity index (χ4v) is 3.83. The lowest BCUT2D eigenvalue weighted by molar-refractivity contribution is 0.0955. The van der Waals surface area contributed by atoms with Crippen LogP contribution < -0.4 is 5.32 Å². The Morgan fingerprint density at radius 3 is 2.81 bits per heavy atom. The lowest BCUT2D eigenvalue weighted by Crippen LogP contribution is -2.21. The average Bonchev–Trinajstić information content (AvgIpc) is 3.26. The summed E-state index contributed by atoms with van der Waals surface area (Å²) < 4.78 is 17.2. The molecule has 4 rings (SSSR count). The molecule has 2 heterocycles. The van der Waals surface area contributed by atoms with Crippen molar-refractivity contribution < 1.29 is 9.18 Å². The zero-order valence-corrected chi connectivity index (χ0v) is 14.9. The number of carbonyl (C=O) groups excluding carboxylic acids is 1. The van der Waals surface area contributed by atoms with E-state index in [1.807, 2.05) is 43.3 Å². The molecule has 0 aliphatic heterocycles. The second-order valence-corrected chi connectivity index (χ2v) is 7.05. The first-order chi connectivity index (χ1) is 12.6. The number of aryl methyl sites for hydroxylation is 1. The normalized spacial score (nSPS) is 11.0. The highest BCUT2D eigenvalue weighted by atomic mass is 32.1. The first kappa shape index (κ1) is 16.5. The molecule has 0 atom stereocenters. The molecule has 0 fully saturated rings. The summed E-state index contributed by atoms with van der Waals surface area (Å²) >= 11 is 1.45. The molecule has 4 nitrogen and oxygen atoms in total. The molecule has 0 aliphatic carbocycles. The zero-order chi connectivity index (χ0) is 18.1. The minimum atomic E-state index is -0.347. The second-order valence-electron chi connectivity index (χ2n) is 5.96. The SMILES string of the molecule is Cc1nccn1-c1ccc(CNC(=O)c2cc3ccccc3s2)cc1F. The van der Waals surface area contributed by atoms with Crippen LogP contribution in [0, 0.1) is 12.7 Å². The van der Waals surface area contributed by atoms with Gasteiger partial charge >= 0.3 is 0 Å². The van der Waals surface area contributed by atoms with E-state index in [-0.39, 0.29) is 18.3 Å². The number of hydrogen-bond donors (Lipinski definition) is 1. The number of aromatic nitrogens is 2. The summed E-state index contributed by atoms with van der Waals surface area (Å²) in [5.74, 6) is 0.218. The van der Waals surface area contributed by atoms with Crippen LogP contribution in [0.1, 0.15) is 21.1 Å². The Balaban J connectivity index is 1.48. The maximum atomic E-state index is 14.4. The lowest BCUT2D eigenvalue weighted by Gasteiger charge is -2.09. The maximum absolute atomic E-state index is 14.4. The standard InChI is InChI=1S/C20H16FN3OS/c1-13-22-8-9-24(13)17-7-6-14(10-16(17)21)12-23-20(25)19-11-15-4-2-3-5-18(15)26-19/h2-11H,12H2,1H3,(H,23,25). The molecule has 0 unspecified atom stereocenters. The van der Waals surface area contributed by atoms with Crippen LogP contribution in [-0.4, -0.2) is 15.5 Å². The molecular weight excluding hydrogens is 349 g/mol. The summed E-state index contributed by atoms with van der Waals surface area (Å²) in [6.45, 7) is 2.09. The number of nitrogens with zero attached hydrogens (tertiary/aromatic N) is 2. The molecule has 0 aliphatic rings. The van der Waals surface area contributed by atoms with Crippen LogP contribution in [-0.2, 0) is 6.54 Å². The highest BCUT2D eigenvalue weighted by Gasteiger charge is 2.11. The maximum Gasteiger partial charge on any atom is 0.261 e. The summed E-state index contributed by atoms with van der Waals surface area (Å²) in [4.78, 5) is 17.1. The van der Waals surface area contributed by atoms with E-state index in [0.717, 1.165) is 15.9 Å². The molecule has 1 amide bonds. The lowest BCUT2D eigenvalue weighted by atomic mass is 10.2. The first-order valence-electron chi connectivity index (χ1n) is 8.17. The van der Waals surface area contributed by atoms with Gasteiger partial charge in [0.2, 0.25) is 0 Å². The fourth-order valence-electron chi connectivity index (χ4n) is 2.85. The molecule has 0 radical (unpaired) electrons. The Kier molecular flexibility index (Phi) is 4.26. The molecule has 0 saturated heterocycles. The van der Waals surface area contributed by atoms with Crippen molar-refractivity contribution in [1.82, 2.24) is 14.9 Å². The van der Waals surface area contributed by atoms with Crippen molar-refractivity contribution in [2.24, 2.45) is 0 Å². The number of carbonyl (C=O) groups is 1. The van der Waals surface area contributed by atoms with Gasteiger partial charge < -0.3 is 9.88 Å². The molecule has 0 spiro atoms. The third-order valence-electron chi connectivity index (χ3n) is 4.20. The predicted molar refractivity (Wildman–Crippen MR) is 101 cm³/mol. The summed E-state index contributed by atoms with van der Waals surface area (Å²) in [5, 5.41) is 3.90. The van der Waals surface area contributed by atoms with E-state index in [0.29, 0.717) is 16.1 Å². The Bertz CT molecular complexity index is 1070. The zero-order valence-electron chi connectivity index (χ0n) is 14.1. The van der Waals surface area contributed by atoms with Crippen molar-refractivity contribution in [3.8, 4) is 5.69 Å². The van der Waals surface area contributed by atoms with Crippen molar-refractivity contribution in [2.45, 2.75) is 13.5 Å². The molecular formula is C20H16FN3OS. The van der Waals surface area contributed by atoms with Crippen molar-refractivity contribution in [2.75, 3.05) is 0 Å². The van der Waals surface area contributed by atoms with Gasteiger partial charge in [-0.25, -0.2) is 9.37 Å². The quantitative estimate of drug-likeness (QED) is 0.580. The van der Waals surface area contributed by atoms with E-state index in [9.17, 15) is 9.18 Å². The first-order valence-corrected chi connectivity index (χ1v) is 8.99. The summed E-state index contributed by atoms with van der Waals surface area (Å²) in [5.41, 5.74) is 1.15. The van der Waals surface area contributed by atoms with Crippen molar-refractivity contribution in [3.05, 3.63) is 83.0 Å². The second kappa shape index (κ2) is 6.72. The molecule has 1 N–H and O–H groups in total. The monoisotopic (exact) mass is 365 g/mol. The third-order valence-corrected chi connectivity index (χ3v) is 5.31. The van der Waals surface area contributed by atoms with E-state index in [1.165, 1.54) is 17.4 Å². The van der Waals surface area contributed by atoms with Gasteiger partial charge in [-0.1, -0.05) is 24.3 Å². The highest BCUT2D eigenvalue weighted by molar-refractivity contribution is 7.20. The summed E-state index contributed by atoms with van der Waals surface area (Å²) in [7, 11) is 0. The highest BCUT2D eigenvalue weighted by Crippen LogP contribution is 2.25. The molecule has 0 bridgehead atoms. The van der Waals surface area contributed by atoms with Crippen molar-refractivity contribution in [3.63, 3.8) is 0 Å². The number of fused-ring (bicyclic) bond motifs is 1. The Labute approximate surface area is 153 Å². The Morgan fingerprint density at radius 1 is 1.23 bits per heavy atom. The average molecular weight is 365 g/mol. The van der Waals surface area contributed by atoms with Gasteiger partial charge in [-0.3, -0.25) is 4.79 Å². The van der Waals surface area contributed by atoms with Crippen molar-refractivity contribution >= 4 is 27.3 Å². The van der Waals surface area contributed by atoms with Gasteiger partial charge in [0.15, 0.2) is 0 Å². The van der Waals surface area contributed by atoms with Gasteiger partial charge in [0.1, 0.15) is 11.6 Å². The number of nitrogens with one attached hydrogen (secondary N) is 1. The van der Waals surface area contributed by atoms with Gasteiger partial charge in [-0.05, 0) is 42.1 Å². The van der Waals surface area contributed by atoms with E-state index < -0.39 is 0 Å². The minimum absolute atomic E-state index is 0.152. The van der Waals surface area contributed by atoms with E-state index in [1.54, 1.807) is 23.0 Å². The number of benzene rings is 2. The predicted octanol–water partition coefficient (Wildman–Crippen LogP) is 4.46. The number of thiophene rings is 1. The van der Waals surface area contributed by atoms with Crippen LogP contribution in [0.25, 0.3) is 15.8 Å². The van der Waals surface area contributed by atoms with Crippen molar-refractivity contribution in [1.29, 1.82) is 0 Å². The number of amides is 1. The summed E-state index contributed by atoms with van der Waals surface area (Å²) in [6.07, 6.45) is 3.35. The molecule has 2 aromatic carbocycles. The topological polar surface area (TPSA) is 46.9 Å². The largest absolute Gasteiger partial charge is 0.347 e. The fraction of sp³-hybridized carbons (Fsp3) is 0.100. The molecule has 2 aromatic heterocycles. The van der Waals surface area contributed by atoms with Crippen LogP contribution in [0.5, 0.6) is 0 Å². The number of rotatable bonds is 4. The van der Waals surface area contributed by atoms with Gasteiger partial charge in [0, 0.05) is 23.6 Å². The van der Waals surface area contributed by atoms with Gasteiger partial charge in [-0.2, -0.15) is 0 Å². The third kappa shape index (κ3) is 3.11. The molecule has 4 aromatic rings. The Morgan fingerprint density at radius 2 is 2.08 bits per heavy atom. The molecule has 26 heavy (non-hydrogen) atoms. The van der Waals surface area contributed by atoms with E-state index >= 15 is 0 Å². The molecule has 6 heteroatoms. The molecule has 0 saturated carbocycles. The number of imidazole rings is 1. The van der Waals surface area contributed by atoms with Crippen LogP contribution in [0.3, 0.4) is 0 Å². The number of hydrogen-bond acceptors (Lipinski definition) is 3. The molecule has 130 valence electrons. The smallest absolute Gasteiger partial charge is 0.261 e. The van der Waals surface area contributed by atoms with Gasteiger partial charge in [-0.15, -0.1) is 11.3 Å². The van der Waals surface area contributed by atoms with Crippen LogP contribution in [0.4, 0.5) is 4.39 Å². The number of halogens is 1. The van der Waals surface area contributed by atoms with Crippen LogP contribution >= 0.6 is 11.3 Å². The van der Waals surface area contributed by atoms with Crippen LogP contribution in [0.15, 0.2) is 60.9 Å². The van der Waals surface area contributed by atoms with E-state index in [2.05, 4.69) is 10.3 Å². The minimum Gasteiger partial charge on any atom is -0.347 e. The Hall–Kier alpha value is -2.99.